The topological polar surface area (TPSA) is 47.0 Å². The highest BCUT2D eigenvalue weighted by molar-refractivity contribution is 9.10. The first-order valence-corrected chi connectivity index (χ1v) is 6.33. The fourth-order valence-electron chi connectivity index (χ4n) is 1.27. The molecule has 1 heterocycles. The van der Waals surface area contributed by atoms with Crippen LogP contribution in [0.15, 0.2) is 4.47 Å². The molecule has 1 rings (SSSR count). The molecule has 0 saturated carbocycles. The Hall–Kier alpha value is -0.680. The van der Waals surface area contributed by atoms with Gasteiger partial charge in [0.1, 0.15) is 12.4 Å². The molecule has 90 valence electrons. The molecule has 0 saturated heterocycles. The Labute approximate surface area is 105 Å². The molecule has 16 heavy (non-hydrogen) atoms. The zero-order valence-corrected chi connectivity index (χ0v) is 11.6. The van der Waals surface area contributed by atoms with E-state index in [1.165, 1.54) is 0 Å². The molecule has 1 N–H and O–H groups in total. The minimum Gasteiger partial charge on any atom is -0.373 e. The van der Waals surface area contributed by atoms with Crippen molar-refractivity contribution >= 4 is 21.7 Å². The average Bonchev–Trinajstić information content (AvgIpc) is 2.26. The molecule has 0 aliphatic rings. The largest absolute Gasteiger partial charge is 0.373 e. The lowest BCUT2D eigenvalue weighted by Gasteiger charge is -2.10. The molecule has 0 amide bonds. The molecule has 4 nitrogen and oxygen atoms in total. The molecule has 0 bridgehead atoms. The summed E-state index contributed by atoms with van der Waals surface area (Å²) in [5.41, 5.74) is 0.932. The van der Waals surface area contributed by atoms with Gasteiger partial charge < -0.3 is 10.1 Å². The van der Waals surface area contributed by atoms with E-state index in [-0.39, 0.29) is 0 Å². The first kappa shape index (κ1) is 13.4. The van der Waals surface area contributed by atoms with Crippen LogP contribution >= 0.6 is 15.9 Å². The minimum absolute atomic E-state index is 0.473. The van der Waals surface area contributed by atoms with E-state index in [2.05, 4.69) is 38.1 Å². The highest BCUT2D eigenvalue weighted by Crippen LogP contribution is 2.22. The van der Waals surface area contributed by atoms with Crippen LogP contribution in [0.2, 0.25) is 0 Å². The highest BCUT2D eigenvalue weighted by atomic mass is 79.9. The first-order valence-electron chi connectivity index (χ1n) is 5.53. The van der Waals surface area contributed by atoms with Crippen molar-refractivity contribution in [2.45, 2.75) is 33.8 Å². The molecular formula is C11H18BrN3O. The third-order valence-corrected chi connectivity index (χ3v) is 2.94. The van der Waals surface area contributed by atoms with E-state index < -0.39 is 0 Å². The van der Waals surface area contributed by atoms with Crippen LogP contribution in [0.5, 0.6) is 0 Å². The number of nitrogens with zero attached hydrogens (tertiary/aromatic N) is 2. The summed E-state index contributed by atoms with van der Waals surface area (Å²) in [5.74, 6) is 1.56. The van der Waals surface area contributed by atoms with Crippen molar-refractivity contribution in [2.75, 3.05) is 18.5 Å². The monoisotopic (exact) mass is 287 g/mol. The zero-order chi connectivity index (χ0) is 12.0. The number of hydrogen-bond acceptors (Lipinski definition) is 4. The highest BCUT2D eigenvalue weighted by Gasteiger charge is 2.08. The van der Waals surface area contributed by atoms with E-state index in [4.69, 9.17) is 4.74 Å². The van der Waals surface area contributed by atoms with Gasteiger partial charge in [-0.2, -0.15) is 0 Å². The smallest absolute Gasteiger partial charge is 0.156 e. The number of aryl methyl sites for hydroxylation is 1. The average molecular weight is 288 g/mol. The van der Waals surface area contributed by atoms with Gasteiger partial charge in [-0.15, -0.1) is 0 Å². The normalized spacial score (nSPS) is 10.5. The van der Waals surface area contributed by atoms with Crippen molar-refractivity contribution in [1.29, 1.82) is 0 Å². The van der Waals surface area contributed by atoms with Crippen molar-refractivity contribution in [1.82, 2.24) is 9.97 Å². The van der Waals surface area contributed by atoms with Gasteiger partial charge in [0.25, 0.3) is 0 Å². The Morgan fingerprint density at radius 1 is 1.31 bits per heavy atom. The number of anilines is 1. The van der Waals surface area contributed by atoms with Crippen molar-refractivity contribution in [3.8, 4) is 0 Å². The van der Waals surface area contributed by atoms with Crippen LogP contribution in [-0.4, -0.2) is 23.1 Å². The number of nitrogens with one attached hydrogen (secondary N) is 1. The molecule has 0 aliphatic carbocycles. The zero-order valence-electron chi connectivity index (χ0n) is 10.0. The molecule has 0 unspecified atom stereocenters. The van der Waals surface area contributed by atoms with Crippen LogP contribution in [0.4, 0.5) is 5.82 Å². The molecule has 5 heteroatoms. The van der Waals surface area contributed by atoms with E-state index in [0.29, 0.717) is 6.61 Å². The van der Waals surface area contributed by atoms with Gasteiger partial charge in [-0.3, -0.25) is 0 Å². The van der Waals surface area contributed by atoms with Gasteiger partial charge in [0, 0.05) is 13.2 Å². The van der Waals surface area contributed by atoms with Gasteiger partial charge in [0.05, 0.1) is 10.2 Å². The summed E-state index contributed by atoms with van der Waals surface area (Å²) < 4.78 is 6.35. The molecule has 1 aromatic rings. The molecular weight excluding hydrogens is 270 g/mol. The van der Waals surface area contributed by atoms with Crippen molar-refractivity contribution in [3.05, 3.63) is 16.0 Å². The summed E-state index contributed by atoms with van der Waals surface area (Å²) in [4.78, 5) is 8.77. The molecule has 0 atom stereocenters. The lowest BCUT2D eigenvalue weighted by molar-refractivity contribution is 0.116. The molecule has 0 aromatic carbocycles. The van der Waals surface area contributed by atoms with Crippen molar-refractivity contribution in [2.24, 2.45) is 0 Å². The Balaban J connectivity index is 2.77. The summed E-state index contributed by atoms with van der Waals surface area (Å²) >= 11 is 3.47. The predicted octanol–water partition coefficient (Wildman–Crippen LogP) is 2.91. The van der Waals surface area contributed by atoms with E-state index >= 15 is 0 Å². The summed E-state index contributed by atoms with van der Waals surface area (Å²) in [6, 6.07) is 0. The fourth-order valence-corrected chi connectivity index (χ4v) is 1.59. The van der Waals surface area contributed by atoms with Crippen molar-refractivity contribution < 1.29 is 4.74 Å². The number of hydrogen-bond donors (Lipinski definition) is 1. The minimum atomic E-state index is 0.473. The number of ether oxygens (including phenoxy) is 1. The van der Waals surface area contributed by atoms with Crippen LogP contribution in [0.1, 0.15) is 31.8 Å². The summed E-state index contributed by atoms with van der Waals surface area (Å²) in [6.45, 7) is 8.13. The Bertz CT molecular complexity index is 344. The molecule has 1 aromatic heterocycles. The Morgan fingerprint density at radius 3 is 2.69 bits per heavy atom. The van der Waals surface area contributed by atoms with Crippen LogP contribution in [-0.2, 0) is 11.3 Å². The Kier molecular flexibility index (Phi) is 5.69. The maximum absolute atomic E-state index is 5.43. The fraction of sp³-hybridized carbons (Fsp3) is 0.636. The maximum atomic E-state index is 5.43. The van der Waals surface area contributed by atoms with Crippen LogP contribution in [0.25, 0.3) is 0 Å². The standard InChI is InChI=1S/C11H18BrN3O/c1-4-6-16-7-9-14-8(3)10(12)11(15-9)13-5-2/h4-7H2,1-3H3,(H,13,14,15). The second-order valence-electron chi connectivity index (χ2n) is 3.47. The van der Waals surface area contributed by atoms with Gasteiger partial charge in [-0.1, -0.05) is 6.92 Å². The number of halogens is 1. The van der Waals surface area contributed by atoms with Gasteiger partial charge in [0.2, 0.25) is 0 Å². The van der Waals surface area contributed by atoms with Crippen LogP contribution in [0.3, 0.4) is 0 Å². The van der Waals surface area contributed by atoms with Gasteiger partial charge >= 0.3 is 0 Å². The van der Waals surface area contributed by atoms with E-state index in [1.54, 1.807) is 0 Å². The van der Waals surface area contributed by atoms with E-state index in [0.717, 1.165) is 41.4 Å². The maximum Gasteiger partial charge on any atom is 0.156 e. The van der Waals surface area contributed by atoms with Gasteiger partial charge in [-0.25, -0.2) is 9.97 Å². The van der Waals surface area contributed by atoms with Crippen LogP contribution in [0, 0.1) is 6.92 Å². The summed E-state index contributed by atoms with van der Waals surface area (Å²) in [5, 5.41) is 3.19. The lowest BCUT2D eigenvalue weighted by Crippen LogP contribution is -2.08. The van der Waals surface area contributed by atoms with Crippen LogP contribution < -0.4 is 5.32 Å². The predicted molar refractivity (Wildman–Crippen MR) is 68.6 cm³/mol. The number of aromatic nitrogens is 2. The van der Waals surface area contributed by atoms with Gasteiger partial charge in [0.15, 0.2) is 5.82 Å². The lowest BCUT2D eigenvalue weighted by atomic mass is 10.4. The van der Waals surface area contributed by atoms with E-state index in [9.17, 15) is 0 Å². The second-order valence-corrected chi connectivity index (χ2v) is 4.26. The summed E-state index contributed by atoms with van der Waals surface area (Å²) in [6.07, 6.45) is 1.01. The molecule has 0 aliphatic heterocycles. The van der Waals surface area contributed by atoms with Crippen molar-refractivity contribution in [3.63, 3.8) is 0 Å². The quantitative estimate of drug-likeness (QED) is 0.818. The SMILES string of the molecule is CCCOCc1nc(C)c(Br)c(NCC)n1. The number of rotatable bonds is 6. The molecule has 0 fully saturated rings. The van der Waals surface area contributed by atoms with Gasteiger partial charge in [-0.05, 0) is 36.2 Å². The molecule has 0 spiro atoms. The first-order chi connectivity index (χ1) is 7.69. The third-order valence-electron chi connectivity index (χ3n) is 1.99. The second kappa shape index (κ2) is 6.81. The summed E-state index contributed by atoms with van der Waals surface area (Å²) in [7, 11) is 0. The Morgan fingerprint density at radius 2 is 2.06 bits per heavy atom. The molecule has 0 radical (unpaired) electrons. The third kappa shape index (κ3) is 3.72. The van der Waals surface area contributed by atoms with E-state index in [1.807, 2.05) is 13.8 Å².